The first-order valence-electron chi connectivity index (χ1n) is 2.98. The molecule has 1 aliphatic rings. The molecule has 56 valence electrons. The lowest BCUT2D eigenvalue weighted by Crippen LogP contribution is -2.04. The van der Waals surface area contributed by atoms with Crippen LogP contribution >= 0.6 is 0 Å². The summed E-state index contributed by atoms with van der Waals surface area (Å²) >= 11 is 0. The highest BCUT2D eigenvalue weighted by Gasteiger charge is 2.18. The summed E-state index contributed by atoms with van der Waals surface area (Å²) in [6.45, 7) is 1.30. The van der Waals surface area contributed by atoms with Crippen molar-refractivity contribution in [3.05, 3.63) is 23.3 Å². The third kappa shape index (κ3) is 1.23. The Bertz CT molecular complexity index is 203. The predicted octanol–water partition coefficient (Wildman–Crippen LogP) is 2.83. The molecule has 0 aromatic heterocycles. The molecule has 1 aliphatic carbocycles. The molecule has 0 nitrogen and oxygen atoms in total. The molecule has 0 radical (unpaired) electrons. The van der Waals surface area contributed by atoms with Crippen molar-refractivity contribution < 1.29 is 13.2 Å². The molecule has 0 aromatic rings. The largest absolute Gasteiger partial charge is 0.242 e. The minimum absolute atomic E-state index is 0.0751. The van der Waals surface area contributed by atoms with Gasteiger partial charge in [0.25, 0.3) is 0 Å². The van der Waals surface area contributed by atoms with E-state index in [4.69, 9.17) is 0 Å². The lowest BCUT2D eigenvalue weighted by molar-refractivity contribution is 0.355. The number of rotatable bonds is 0. The van der Waals surface area contributed by atoms with Gasteiger partial charge < -0.3 is 0 Å². The predicted molar refractivity (Wildman–Crippen MR) is 32.5 cm³/mol. The molecule has 0 amide bonds. The highest BCUT2D eigenvalue weighted by molar-refractivity contribution is 5.31. The summed E-state index contributed by atoms with van der Waals surface area (Å²) < 4.78 is 37.1. The van der Waals surface area contributed by atoms with Crippen LogP contribution in [0, 0.1) is 0 Å². The lowest BCUT2D eigenvalue weighted by atomic mass is 10.1. The highest BCUT2D eigenvalue weighted by atomic mass is 19.2. The van der Waals surface area contributed by atoms with E-state index < -0.39 is 17.8 Å². The van der Waals surface area contributed by atoms with Gasteiger partial charge in [-0.3, -0.25) is 0 Å². The molecule has 0 aliphatic heterocycles. The van der Waals surface area contributed by atoms with Gasteiger partial charge in [0.1, 0.15) is 17.8 Å². The van der Waals surface area contributed by atoms with Gasteiger partial charge in [0.15, 0.2) is 0 Å². The van der Waals surface area contributed by atoms with E-state index in [1.807, 2.05) is 0 Å². The topological polar surface area (TPSA) is 0 Å². The van der Waals surface area contributed by atoms with Gasteiger partial charge in [0, 0.05) is 12.0 Å². The van der Waals surface area contributed by atoms with Crippen LogP contribution < -0.4 is 0 Å². The van der Waals surface area contributed by atoms with Crippen molar-refractivity contribution in [1.29, 1.82) is 0 Å². The smallest absolute Gasteiger partial charge is 0.128 e. The SMILES string of the molecule is CC1=C(F)CC(F)C=C1F. The monoisotopic (exact) mass is 148 g/mol. The van der Waals surface area contributed by atoms with Crippen LogP contribution in [0.4, 0.5) is 13.2 Å². The van der Waals surface area contributed by atoms with Crippen LogP contribution in [-0.4, -0.2) is 6.17 Å². The zero-order valence-electron chi connectivity index (χ0n) is 5.50. The van der Waals surface area contributed by atoms with Crippen LogP contribution in [0.15, 0.2) is 23.3 Å². The Labute approximate surface area is 57.0 Å². The fourth-order valence-corrected chi connectivity index (χ4v) is 0.797. The Morgan fingerprint density at radius 1 is 1.50 bits per heavy atom. The van der Waals surface area contributed by atoms with Crippen molar-refractivity contribution in [3.63, 3.8) is 0 Å². The molecule has 10 heavy (non-hydrogen) atoms. The first-order chi connectivity index (χ1) is 4.61. The average molecular weight is 148 g/mol. The summed E-state index contributed by atoms with van der Waals surface area (Å²) in [4.78, 5) is 0. The fraction of sp³-hybridized carbons (Fsp3) is 0.429. The molecule has 0 saturated heterocycles. The van der Waals surface area contributed by atoms with Crippen molar-refractivity contribution in [2.24, 2.45) is 0 Å². The van der Waals surface area contributed by atoms with Crippen LogP contribution in [0.5, 0.6) is 0 Å². The summed E-state index contributed by atoms with van der Waals surface area (Å²) in [6.07, 6.45) is -1.03. The van der Waals surface area contributed by atoms with E-state index in [0.717, 1.165) is 6.08 Å². The molecule has 0 fully saturated rings. The molecule has 3 heteroatoms. The van der Waals surface area contributed by atoms with Crippen molar-refractivity contribution >= 4 is 0 Å². The second-order valence-corrected chi connectivity index (χ2v) is 2.26. The van der Waals surface area contributed by atoms with Crippen molar-refractivity contribution in [1.82, 2.24) is 0 Å². The zero-order valence-corrected chi connectivity index (χ0v) is 5.50. The summed E-state index contributed by atoms with van der Waals surface area (Å²) in [5, 5.41) is 0. The fourth-order valence-electron chi connectivity index (χ4n) is 0.797. The van der Waals surface area contributed by atoms with Gasteiger partial charge >= 0.3 is 0 Å². The molecule has 1 rings (SSSR count). The molecule has 0 bridgehead atoms. The summed E-state index contributed by atoms with van der Waals surface area (Å²) in [5.74, 6) is -1.47. The molecule has 1 unspecified atom stereocenters. The Morgan fingerprint density at radius 2 is 2.10 bits per heavy atom. The summed E-state index contributed by atoms with van der Waals surface area (Å²) in [6, 6.07) is 0. The van der Waals surface area contributed by atoms with Gasteiger partial charge in [-0.15, -0.1) is 0 Å². The van der Waals surface area contributed by atoms with E-state index in [2.05, 4.69) is 0 Å². The Kier molecular flexibility index (Phi) is 1.83. The molecular weight excluding hydrogens is 141 g/mol. The molecule has 0 N–H and O–H groups in total. The minimum Gasteiger partial charge on any atom is -0.242 e. The van der Waals surface area contributed by atoms with E-state index in [1.54, 1.807) is 0 Å². The van der Waals surface area contributed by atoms with E-state index in [1.165, 1.54) is 6.92 Å². The molecule has 0 spiro atoms. The van der Waals surface area contributed by atoms with Crippen molar-refractivity contribution in [3.8, 4) is 0 Å². The summed E-state index contributed by atoms with van der Waals surface area (Å²) in [5.41, 5.74) is -0.0751. The maximum atomic E-state index is 12.4. The zero-order chi connectivity index (χ0) is 7.72. The van der Waals surface area contributed by atoms with Crippen LogP contribution in [0.25, 0.3) is 0 Å². The third-order valence-electron chi connectivity index (χ3n) is 1.47. The number of alkyl halides is 1. The van der Waals surface area contributed by atoms with Crippen LogP contribution in [0.1, 0.15) is 13.3 Å². The van der Waals surface area contributed by atoms with E-state index in [9.17, 15) is 13.2 Å². The Balaban J connectivity index is 2.90. The number of halogens is 3. The Morgan fingerprint density at radius 3 is 2.60 bits per heavy atom. The quantitative estimate of drug-likeness (QED) is 0.495. The standard InChI is InChI=1S/C7H7F3/c1-4-6(9)2-5(8)3-7(4)10/h2,5H,3H2,1H3. The molecule has 1 atom stereocenters. The molecular formula is C7H7F3. The highest BCUT2D eigenvalue weighted by Crippen LogP contribution is 2.27. The van der Waals surface area contributed by atoms with Gasteiger partial charge in [-0.1, -0.05) is 0 Å². The van der Waals surface area contributed by atoms with Gasteiger partial charge in [-0.05, 0) is 13.0 Å². The molecule has 0 heterocycles. The van der Waals surface area contributed by atoms with Gasteiger partial charge in [-0.25, -0.2) is 13.2 Å². The summed E-state index contributed by atoms with van der Waals surface area (Å²) in [7, 11) is 0. The lowest BCUT2D eigenvalue weighted by Gasteiger charge is -2.10. The van der Waals surface area contributed by atoms with Crippen LogP contribution in [0.2, 0.25) is 0 Å². The van der Waals surface area contributed by atoms with E-state index >= 15 is 0 Å². The van der Waals surface area contributed by atoms with Crippen LogP contribution in [0.3, 0.4) is 0 Å². The van der Waals surface area contributed by atoms with Crippen LogP contribution in [-0.2, 0) is 0 Å². The average Bonchev–Trinajstić information content (AvgIpc) is 1.82. The number of hydrogen-bond acceptors (Lipinski definition) is 0. The Hall–Kier alpha value is -0.730. The maximum Gasteiger partial charge on any atom is 0.128 e. The van der Waals surface area contributed by atoms with E-state index in [0.29, 0.717) is 0 Å². The third-order valence-corrected chi connectivity index (χ3v) is 1.47. The minimum atomic E-state index is -1.50. The normalized spacial score (nSPS) is 26.8. The number of hydrogen-bond donors (Lipinski definition) is 0. The maximum absolute atomic E-state index is 12.4. The molecule has 0 saturated carbocycles. The second-order valence-electron chi connectivity index (χ2n) is 2.26. The molecule has 0 aromatic carbocycles. The van der Waals surface area contributed by atoms with Crippen molar-refractivity contribution in [2.75, 3.05) is 0 Å². The van der Waals surface area contributed by atoms with Crippen molar-refractivity contribution in [2.45, 2.75) is 19.5 Å². The van der Waals surface area contributed by atoms with Gasteiger partial charge in [-0.2, -0.15) is 0 Å². The first-order valence-corrected chi connectivity index (χ1v) is 2.98. The van der Waals surface area contributed by atoms with E-state index in [-0.39, 0.29) is 12.0 Å². The number of allylic oxidation sites excluding steroid dienone is 4. The van der Waals surface area contributed by atoms with Gasteiger partial charge in [0.2, 0.25) is 0 Å². The first kappa shape index (κ1) is 7.38. The van der Waals surface area contributed by atoms with Gasteiger partial charge in [0.05, 0.1) is 0 Å². The second kappa shape index (κ2) is 2.48.